The standard InChI is InChI=1S/C24H24N4O3S2/c1-2-24(16-7-4-3-5-8-16)22(30)28(23(31)25-24)26-20(29)15-27-12-10-18-17(11-14-33-18)21(27)19-9-6-13-32-19/h3-9,11,13-14,21H,2,10,12,15H2,1H3,(H,25,31)(H,26,29). The summed E-state index contributed by atoms with van der Waals surface area (Å²) < 4.78 is 0. The largest absolute Gasteiger partial charge is 0.344 e. The number of amides is 4. The number of hydrogen-bond acceptors (Lipinski definition) is 6. The molecule has 1 fully saturated rings. The summed E-state index contributed by atoms with van der Waals surface area (Å²) in [6.45, 7) is 2.65. The number of hydrogen-bond donors (Lipinski definition) is 2. The van der Waals surface area contributed by atoms with E-state index in [2.05, 4.69) is 33.2 Å². The van der Waals surface area contributed by atoms with Crippen LogP contribution in [0.4, 0.5) is 4.79 Å². The molecule has 5 rings (SSSR count). The molecule has 4 heterocycles. The molecule has 2 aliphatic rings. The number of carbonyl (C=O) groups is 3. The Kier molecular flexibility index (Phi) is 5.77. The van der Waals surface area contributed by atoms with Gasteiger partial charge >= 0.3 is 6.03 Å². The van der Waals surface area contributed by atoms with E-state index in [4.69, 9.17) is 0 Å². The molecule has 1 aromatic carbocycles. The van der Waals surface area contributed by atoms with E-state index in [-0.39, 0.29) is 12.6 Å². The fraction of sp³-hybridized carbons (Fsp3) is 0.292. The van der Waals surface area contributed by atoms with Crippen molar-refractivity contribution in [1.29, 1.82) is 0 Å². The van der Waals surface area contributed by atoms with Gasteiger partial charge in [-0.1, -0.05) is 43.3 Å². The molecule has 170 valence electrons. The molecule has 2 aromatic heterocycles. The van der Waals surface area contributed by atoms with Crippen molar-refractivity contribution in [2.45, 2.75) is 31.3 Å². The number of rotatable bonds is 6. The lowest BCUT2D eigenvalue weighted by atomic mass is 9.87. The Morgan fingerprint density at radius 1 is 1.12 bits per heavy atom. The second-order valence-corrected chi connectivity index (χ2v) is 10.1. The maximum Gasteiger partial charge on any atom is 0.344 e. The quantitative estimate of drug-likeness (QED) is 0.528. The van der Waals surface area contributed by atoms with Gasteiger partial charge in [-0.15, -0.1) is 22.7 Å². The topological polar surface area (TPSA) is 81.8 Å². The van der Waals surface area contributed by atoms with E-state index in [1.54, 1.807) is 22.7 Å². The van der Waals surface area contributed by atoms with Gasteiger partial charge in [0, 0.05) is 16.3 Å². The van der Waals surface area contributed by atoms with Crippen molar-refractivity contribution in [2.75, 3.05) is 13.1 Å². The lowest BCUT2D eigenvalue weighted by Crippen LogP contribution is -2.52. The second-order valence-electron chi connectivity index (χ2n) is 8.17. The van der Waals surface area contributed by atoms with Crippen LogP contribution in [-0.2, 0) is 21.5 Å². The maximum absolute atomic E-state index is 13.3. The number of hydrazine groups is 1. The van der Waals surface area contributed by atoms with Crippen LogP contribution in [0.2, 0.25) is 0 Å². The highest BCUT2D eigenvalue weighted by Crippen LogP contribution is 2.39. The van der Waals surface area contributed by atoms with Gasteiger partial charge < -0.3 is 5.32 Å². The highest BCUT2D eigenvalue weighted by atomic mass is 32.1. The summed E-state index contributed by atoms with van der Waals surface area (Å²) in [4.78, 5) is 43.7. The third-order valence-electron chi connectivity index (χ3n) is 6.35. The van der Waals surface area contributed by atoms with Crippen LogP contribution in [0, 0.1) is 0 Å². The SMILES string of the molecule is CCC1(c2ccccc2)NC(=O)N(NC(=O)CN2CCc3sccc3C2c2cccs2)C1=O. The molecule has 0 aliphatic carbocycles. The van der Waals surface area contributed by atoms with E-state index in [9.17, 15) is 14.4 Å². The highest BCUT2D eigenvalue weighted by molar-refractivity contribution is 7.10. The van der Waals surface area contributed by atoms with Crippen molar-refractivity contribution >= 4 is 40.5 Å². The summed E-state index contributed by atoms with van der Waals surface area (Å²) in [7, 11) is 0. The van der Waals surface area contributed by atoms with Crippen molar-refractivity contribution in [3.8, 4) is 0 Å². The fourth-order valence-electron chi connectivity index (χ4n) is 4.70. The smallest absolute Gasteiger partial charge is 0.318 e. The first kappa shape index (κ1) is 21.8. The Morgan fingerprint density at radius 3 is 2.67 bits per heavy atom. The molecule has 9 heteroatoms. The number of nitrogens with zero attached hydrogens (tertiary/aromatic N) is 2. The molecule has 2 atom stereocenters. The molecule has 3 aromatic rings. The minimum Gasteiger partial charge on any atom is -0.318 e. The molecule has 0 bridgehead atoms. The van der Waals surface area contributed by atoms with Gasteiger partial charge in [0.25, 0.3) is 11.8 Å². The van der Waals surface area contributed by atoms with Gasteiger partial charge in [0.2, 0.25) is 0 Å². The molecule has 2 aliphatic heterocycles. The zero-order valence-corrected chi connectivity index (χ0v) is 19.7. The lowest BCUT2D eigenvalue weighted by Gasteiger charge is -2.35. The zero-order chi connectivity index (χ0) is 23.0. The summed E-state index contributed by atoms with van der Waals surface area (Å²) in [6, 6.07) is 14.7. The molecule has 7 nitrogen and oxygen atoms in total. The predicted molar refractivity (Wildman–Crippen MR) is 128 cm³/mol. The number of imide groups is 1. The van der Waals surface area contributed by atoms with Crippen LogP contribution in [-0.4, -0.2) is 40.8 Å². The van der Waals surface area contributed by atoms with Crippen molar-refractivity contribution in [1.82, 2.24) is 20.7 Å². The van der Waals surface area contributed by atoms with Crippen molar-refractivity contribution in [3.05, 3.63) is 80.2 Å². The van der Waals surface area contributed by atoms with E-state index in [1.807, 2.05) is 48.7 Å². The van der Waals surface area contributed by atoms with E-state index in [0.29, 0.717) is 12.0 Å². The average molecular weight is 481 g/mol. The molecule has 33 heavy (non-hydrogen) atoms. The molecular weight excluding hydrogens is 456 g/mol. The van der Waals surface area contributed by atoms with Crippen LogP contribution >= 0.6 is 22.7 Å². The van der Waals surface area contributed by atoms with Gasteiger partial charge in [0.05, 0.1) is 12.6 Å². The molecule has 2 N–H and O–H groups in total. The van der Waals surface area contributed by atoms with Gasteiger partial charge in [-0.25, -0.2) is 4.79 Å². The van der Waals surface area contributed by atoms with Crippen molar-refractivity contribution in [3.63, 3.8) is 0 Å². The second kappa shape index (κ2) is 8.74. The van der Waals surface area contributed by atoms with Gasteiger partial charge in [-0.2, -0.15) is 5.01 Å². The van der Waals surface area contributed by atoms with Crippen LogP contribution < -0.4 is 10.7 Å². The first-order chi connectivity index (χ1) is 16.0. The van der Waals surface area contributed by atoms with Crippen LogP contribution in [0.15, 0.2) is 59.3 Å². The number of benzene rings is 1. The van der Waals surface area contributed by atoms with E-state index >= 15 is 0 Å². The Balaban J connectivity index is 1.34. The highest BCUT2D eigenvalue weighted by Gasteiger charge is 2.52. The van der Waals surface area contributed by atoms with Gasteiger partial charge in [0.15, 0.2) is 0 Å². The summed E-state index contributed by atoms with van der Waals surface area (Å²) in [6.07, 6.45) is 1.25. The minimum atomic E-state index is -1.18. The minimum absolute atomic E-state index is 0.00657. The third-order valence-corrected chi connectivity index (χ3v) is 8.27. The number of urea groups is 1. The van der Waals surface area contributed by atoms with Gasteiger partial charge in [-0.05, 0) is 46.9 Å². The van der Waals surface area contributed by atoms with Gasteiger partial charge in [0.1, 0.15) is 5.54 Å². The molecular formula is C24H24N4O3S2. The summed E-state index contributed by atoms with van der Waals surface area (Å²) in [5.41, 5.74) is 3.31. The first-order valence-corrected chi connectivity index (χ1v) is 12.6. The molecule has 2 unspecified atom stereocenters. The Hall–Kier alpha value is -3.01. The third kappa shape index (κ3) is 3.76. The number of thiophene rings is 2. The summed E-state index contributed by atoms with van der Waals surface area (Å²) >= 11 is 3.41. The number of fused-ring (bicyclic) bond motifs is 1. The first-order valence-electron chi connectivity index (χ1n) is 10.9. The molecule has 4 amide bonds. The zero-order valence-electron chi connectivity index (χ0n) is 18.1. The molecule has 1 saturated heterocycles. The average Bonchev–Trinajstić information content (AvgIpc) is 3.57. The van der Waals surface area contributed by atoms with Crippen LogP contribution in [0.3, 0.4) is 0 Å². The normalized spacial score (nSPS) is 22.8. The lowest BCUT2D eigenvalue weighted by molar-refractivity contribution is -0.140. The monoisotopic (exact) mass is 480 g/mol. The van der Waals surface area contributed by atoms with E-state index in [0.717, 1.165) is 18.0 Å². The van der Waals surface area contributed by atoms with Crippen LogP contribution in [0.25, 0.3) is 0 Å². The summed E-state index contributed by atoms with van der Waals surface area (Å²) in [5, 5.41) is 7.76. The van der Waals surface area contributed by atoms with E-state index in [1.165, 1.54) is 15.3 Å². The predicted octanol–water partition coefficient (Wildman–Crippen LogP) is 3.65. The number of carbonyl (C=O) groups excluding carboxylic acids is 3. The Labute approximate surface area is 200 Å². The van der Waals surface area contributed by atoms with Crippen molar-refractivity contribution < 1.29 is 14.4 Å². The molecule has 0 spiro atoms. The summed E-state index contributed by atoms with van der Waals surface area (Å²) in [5.74, 6) is -0.859. The molecule has 0 radical (unpaired) electrons. The number of nitrogens with one attached hydrogen (secondary N) is 2. The Bertz CT molecular complexity index is 1180. The van der Waals surface area contributed by atoms with Gasteiger partial charge in [-0.3, -0.25) is 19.9 Å². The van der Waals surface area contributed by atoms with Crippen LogP contribution in [0.1, 0.15) is 40.3 Å². The maximum atomic E-state index is 13.3. The Morgan fingerprint density at radius 2 is 1.94 bits per heavy atom. The van der Waals surface area contributed by atoms with Crippen LogP contribution in [0.5, 0.6) is 0 Å². The van der Waals surface area contributed by atoms with E-state index < -0.39 is 23.4 Å². The van der Waals surface area contributed by atoms with Crippen molar-refractivity contribution in [2.24, 2.45) is 0 Å². The molecule has 0 saturated carbocycles. The fourth-order valence-corrected chi connectivity index (χ4v) is 6.48.